The van der Waals surface area contributed by atoms with Gasteiger partial charge in [0, 0.05) is 12.1 Å². The molecule has 0 saturated heterocycles. The monoisotopic (exact) mass is 201 g/mol. The van der Waals surface area contributed by atoms with Crippen LogP contribution in [0.3, 0.4) is 0 Å². The highest BCUT2D eigenvalue weighted by Gasteiger charge is 2.35. The summed E-state index contributed by atoms with van der Waals surface area (Å²) in [5.74, 6) is 0.902. The predicted molar refractivity (Wildman–Crippen MR) is 62.9 cm³/mol. The van der Waals surface area contributed by atoms with E-state index >= 15 is 0 Å². The Morgan fingerprint density at radius 3 is 2.87 bits per heavy atom. The van der Waals surface area contributed by atoms with Crippen molar-refractivity contribution in [2.24, 2.45) is 5.92 Å². The highest BCUT2D eigenvalue weighted by atomic mass is 15.0. The van der Waals surface area contributed by atoms with Crippen LogP contribution in [0.4, 0.5) is 0 Å². The van der Waals surface area contributed by atoms with E-state index in [-0.39, 0.29) is 0 Å². The van der Waals surface area contributed by atoms with Gasteiger partial charge in [-0.2, -0.15) is 0 Å². The Bertz CT molecular complexity index is 383. The molecule has 0 aliphatic heterocycles. The first-order chi connectivity index (χ1) is 7.24. The first kappa shape index (κ1) is 9.41. The Morgan fingerprint density at radius 2 is 2.13 bits per heavy atom. The molecule has 3 unspecified atom stereocenters. The summed E-state index contributed by atoms with van der Waals surface area (Å²) < 4.78 is 0. The largest absolute Gasteiger partial charge is 0.307 e. The molecule has 1 fully saturated rings. The van der Waals surface area contributed by atoms with Crippen LogP contribution < -0.4 is 5.32 Å². The molecule has 1 nitrogen and oxygen atoms in total. The van der Waals surface area contributed by atoms with Gasteiger partial charge in [-0.25, -0.2) is 0 Å². The Hall–Kier alpha value is -0.820. The molecule has 1 N–H and O–H groups in total. The van der Waals surface area contributed by atoms with Crippen molar-refractivity contribution in [2.75, 3.05) is 0 Å². The first-order valence-corrected chi connectivity index (χ1v) is 6.09. The maximum Gasteiger partial charge on any atom is 0.0328 e. The molecule has 1 aromatic carbocycles. The molecule has 15 heavy (non-hydrogen) atoms. The second-order valence-electron chi connectivity index (χ2n) is 5.28. The first-order valence-electron chi connectivity index (χ1n) is 6.09. The van der Waals surface area contributed by atoms with Gasteiger partial charge in [-0.05, 0) is 43.2 Å². The van der Waals surface area contributed by atoms with Crippen LogP contribution >= 0.6 is 0 Å². The number of hydrogen-bond acceptors (Lipinski definition) is 1. The number of aryl methyl sites for hydroxylation is 2. The number of nitrogens with one attached hydrogen (secondary N) is 1. The van der Waals surface area contributed by atoms with Gasteiger partial charge in [0.2, 0.25) is 0 Å². The van der Waals surface area contributed by atoms with Crippen molar-refractivity contribution in [3.05, 3.63) is 34.9 Å². The zero-order valence-corrected chi connectivity index (χ0v) is 9.59. The highest BCUT2D eigenvalue weighted by Crippen LogP contribution is 2.37. The molecule has 1 aromatic rings. The molecule has 0 bridgehead atoms. The summed E-state index contributed by atoms with van der Waals surface area (Å²) in [6, 6.07) is 8.34. The fourth-order valence-corrected chi connectivity index (χ4v) is 2.71. The topological polar surface area (TPSA) is 12.0 Å². The quantitative estimate of drug-likeness (QED) is 0.775. The van der Waals surface area contributed by atoms with Gasteiger partial charge in [-0.1, -0.05) is 30.7 Å². The number of fused-ring (bicyclic) bond motifs is 1. The SMILES string of the molecule is Cc1ccc2c(c1)C(NC1CC1C)CC2. The van der Waals surface area contributed by atoms with Gasteiger partial charge >= 0.3 is 0 Å². The summed E-state index contributed by atoms with van der Waals surface area (Å²) in [6.07, 6.45) is 3.92. The number of rotatable bonds is 2. The normalized spacial score (nSPS) is 32.8. The third-order valence-electron chi connectivity index (χ3n) is 3.90. The lowest BCUT2D eigenvalue weighted by Gasteiger charge is -2.14. The zero-order valence-electron chi connectivity index (χ0n) is 9.59. The molecule has 0 radical (unpaired) electrons. The molecule has 0 amide bonds. The second-order valence-corrected chi connectivity index (χ2v) is 5.28. The predicted octanol–water partition coefficient (Wildman–Crippen LogP) is 2.98. The van der Waals surface area contributed by atoms with Crippen LogP contribution in [0.2, 0.25) is 0 Å². The summed E-state index contributed by atoms with van der Waals surface area (Å²) in [7, 11) is 0. The van der Waals surface area contributed by atoms with E-state index in [9.17, 15) is 0 Å². The van der Waals surface area contributed by atoms with Crippen molar-refractivity contribution in [1.82, 2.24) is 5.32 Å². The highest BCUT2D eigenvalue weighted by molar-refractivity contribution is 5.37. The van der Waals surface area contributed by atoms with Gasteiger partial charge in [0.05, 0.1) is 0 Å². The molecule has 0 aromatic heterocycles. The van der Waals surface area contributed by atoms with Crippen LogP contribution in [-0.4, -0.2) is 6.04 Å². The van der Waals surface area contributed by atoms with Crippen molar-refractivity contribution in [3.63, 3.8) is 0 Å². The molecule has 1 saturated carbocycles. The molecule has 2 aliphatic rings. The molecule has 0 spiro atoms. The van der Waals surface area contributed by atoms with Crippen molar-refractivity contribution in [2.45, 2.75) is 45.2 Å². The molecular weight excluding hydrogens is 182 g/mol. The smallest absolute Gasteiger partial charge is 0.0328 e. The molecular formula is C14H19N. The van der Waals surface area contributed by atoms with Crippen molar-refractivity contribution in [1.29, 1.82) is 0 Å². The zero-order chi connectivity index (χ0) is 10.4. The second kappa shape index (κ2) is 3.34. The maximum absolute atomic E-state index is 3.79. The molecule has 2 aliphatic carbocycles. The third-order valence-corrected chi connectivity index (χ3v) is 3.90. The lowest BCUT2D eigenvalue weighted by molar-refractivity contribution is 0.513. The Balaban J connectivity index is 1.81. The Labute approximate surface area is 91.9 Å². The summed E-state index contributed by atoms with van der Waals surface area (Å²) in [4.78, 5) is 0. The molecule has 80 valence electrons. The molecule has 3 atom stereocenters. The summed E-state index contributed by atoms with van der Waals surface area (Å²) in [6.45, 7) is 4.53. The number of benzene rings is 1. The van der Waals surface area contributed by atoms with Crippen LogP contribution in [0.5, 0.6) is 0 Å². The van der Waals surface area contributed by atoms with E-state index in [1.165, 1.54) is 24.8 Å². The molecule has 1 heteroatoms. The van der Waals surface area contributed by atoms with Gasteiger partial charge in [0.1, 0.15) is 0 Å². The van der Waals surface area contributed by atoms with E-state index in [0.29, 0.717) is 6.04 Å². The number of hydrogen-bond donors (Lipinski definition) is 1. The minimum absolute atomic E-state index is 0.634. The van der Waals surface area contributed by atoms with Gasteiger partial charge in [-0.15, -0.1) is 0 Å². The summed E-state index contributed by atoms with van der Waals surface area (Å²) in [5.41, 5.74) is 4.52. The van der Waals surface area contributed by atoms with Gasteiger partial charge in [0.15, 0.2) is 0 Å². The molecule has 3 rings (SSSR count). The third kappa shape index (κ3) is 1.69. The van der Waals surface area contributed by atoms with Crippen molar-refractivity contribution >= 4 is 0 Å². The van der Waals surface area contributed by atoms with Crippen LogP contribution in [0.15, 0.2) is 18.2 Å². The summed E-state index contributed by atoms with van der Waals surface area (Å²) >= 11 is 0. The van der Waals surface area contributed by atoms with Gasteiger partial charge in [-0.3, -0.25) is 0 Å². The summed E-state index contributed by atoms with van der Waals surface area (Å²) in [5, 5.41) is 3.79. The average Bonchev–Trinajstić information content (AvgIpc) is 2.74. The van der Waals surface area contributed by atoms with E-state index in [1.807, 2.05) is 0 Å². The van der Waals surface area contributed by atoms with Crippen LogP contribution in [0.1, 0.15) is 42.5 Å². The van der Waals surface area contributed by atoms with E-state index in [4.69, 9.17) is 0 Å². The lowest BCUT2D eigenvalue weighted by Crippen LogP contribution is -2.22. The van der Waals surface area contributed by atoms with Crippen molar-refractivity contribution < 1.29 is 0 Å². The fraction of sp³-hybridized carbons (Fsp3) is 0.571. The minimum Gasteiger partial charge on any atom is -0.307 e. The van der Waals surface area contributed by atoms with Gasteiger partial charge in [0.25, 0.3) is 0 Å². The fourth-order valence-electron chi connectivity index (χ4n) is 2.71. The Morgan fingerprint density at radius 1 is 1.33 bits per heavy atom. The van der Waals surface area contributed by atoms with Crippen LogP contribution in [0.25, 0.3) is 0 Å². The van der Waals surface area contributed by atoms with Crippen LogP contribution in [0, 0.1) is 12.8 Å². The standard InChI is InChI=1S/C14H19N/c1-9-3-4-11-5-6-13(12(11)7-9)15-14-8-10(14)2/h3-4,7,10,13-15H,5-6,8H2,1-2H3. The van der Waals surface area contributed by atoms with Crippen LogP contribution in [-0.2, 0) is 6.42 Å². The van der Waals surface area contributed by atoms with E-state index in [2.05, 4.69) is 37.4 Å². The average molecular weight is 201 g/mol. The van der Waals surface area contributed by atoms with Gasteiger partial charge < -0.3 is 5.32 Å². The van der Waals surface area contributed by atoms with E-state index < -0.39 is 0 Å². The minimum atomic E-state index is 0.634. The maximum atomic E-state index is 3.79. The lowest BCUT2D eigenvalue weighted by atomic mass is 10.1. The van der Waals surface area contributed by atoms with E-state index in [0.717, 1.165) is 12.0 Å². The van der Waals surface area contributed by atoms with E-state index in [1.54, 1.807) is 11.1 Å². The molecule has 0 heterocycles. The van der Waals surface area contributed by atoms with Crippen molar-refractivity contribution in [3.8, 4) is 0 Å². The Kier molecular flexibility index (Phi) is 2.10.